The van der Waals surface area contributed by atoms with Crippen molar-refractivity contribution in [1.82, 2.24) is 19.6 Å². The fourth-order valence-electron chi connectivity index (χ4n) is 2.23. The van der Waals surface area contributed by atoms with Gasteiger partial charge in [0.05, 0.1) is 40.0 Å². The van der Waals surface area contributed by atoms with Crippen molar-refractivity contribution in [2.75, 3.05) is 40.0 Å². The molecular weight excluding hydrogens is 336 g/mol. The summed E-state index contributed by atoms with van der Waals surface area (Å²) in [6, 6.07) is 0. The Labute approximate surface area is 101 Å². The van der Waals surface area contributed by atoms with E-state index in [9.17, 15) is 0 Å². The third-order valence-electron chi connectivity index (χ3n) is 2.40. The average molecular weight is 348 g/mol. The van der Waals surface area contributed by atoms with Crippen molar-refractivity contribution in [3.8, 4) is 0 Å². The Bertz CT molecular complexity index is 146. The summed E-state index contributed by atoms with van der Waals surface area (Å²) in [5.74, 6) is 0. The topological polar surface area (TPSA) is 13.0 Å². The first-order chi connectivity index (χ1) is 6.63. The van der Waals surface area contributed by atoms with E-state index in [0.717, 1.165) is 0 Å². The van der Waals surface area contributed by atoms with E-state index in [0.29, 0.717) is 0 Å². The molecule has 0 N–H and O–H groups in total. The molecule has 4 heterocycles. The van der Waals surface area contributed by atoms with Gasteiger partial charge in [0, 0.05) is 0 Å². The van der Waals surface area contributed by atoms with E-state index < -0.39 is 13.0 Å². The van der Waals surface area contributed by atoms with Gasteiger partial charge >= 0.3 is 42.1 Å². The second-order valence-electron chi connectivity index (χ2n) is 3.68. The van der Waals surface area contributed by atoms with E-state index in [4.69, 9.17) is 29.1 Å². The Kier molecular flexibility index (Phi) is 4.31. The van der Waals surface area contributed by atoms with Crippen molar-refractivity contribution in [1.29, 1.82) is 0 Å². The van der Waals surface area contributed by atoms with Crippen LogP contribution in [0, 0.1) is 0 Å². The molecule has 4 aliphatic heterocycles. The second-order valence-corrected chi connectivity index (χ2v) is 11.6. The van der Waals surface area contributed by atoms with Crippen LogP contribution in [-0.4, -0.2) is 59.6 Å². The van der Waals surface area contributed by atoms with E-state index >= 15 is 0 Å². The molecule has 0 spiro atoms. The van der Waals surface area contributed by atoms with Gasteiger partial charge in [-0.25, -0.2) is 0 Å². The summed E-state index contributed by atoms with van der Waals surface area (Å²) in [6.45, 7) is 7.12. The molecule has 4 bridgehead atoms. The molecule has 85 valence electrons. The summed E-state index contributed by atoms with van der Waals surface area (Å²) in [6.07, 6.45) is 0. The van der Waals surface area contributed by atoms with Gasteiger partial charge in [-0.3, -0.25) is 19.6 Å². The van der Waals surface area contributed by atoms with Crippen molar-refractivity contribution < 1.29 is 13.0 Å². The number of hydrogen-bond acceptors (Lipinski definition) is 4. The van der Waals surface area contributed by atoms with Crippen LogP contribution < -0.4 is 0 Å². The van der Waals surface area contributed by atoms with Crippen LogP contribution in [0.3, 0.4) is 0 Å². The van der Waals surface area contributed by atoms with Crippen LogP contribution in [0.15, 0.2) is 0 Å². The zero-order chi connectivity index (χ0) is 10.1. The molecule has 4 fully saturated rings. The van der Waals surface area contributed by atoms with Crippen molar-refractivity contribution in [2.24, 2.45) is 0 Å². The predicted molar refractivity (Wildman–Crippen MR) is 54.1 cm³/mol. The number of halogens is 3. The van der Waals surface area contributed by atoms with Gasteiger partial charge in [0.2, 0.25) is 0 Å². The Morgan fingerprint density at radius 1 is 0.571 bits per heavy atom. The fraction of sp³-hybridized carbons (Fsp3) is 1.00. The number of hydrogen-bond donors (Lipinski definition) is 0. The van der Waals surface area contributed by atoms with Crippen LogP contribution in [0.5, 0.6) is 0 Å². The Hall–Kier alpha value is 1.33. The van der Waals surface area contributed by atoms with Gasteiger partial charge < -0.3 is 0 Å². The van der Waals surface area contributed by atoms with Crippen molar-refractivity contribution in [2.45, 2.75) is 0 Å². The Morgan fingerprint density at radius 3 is 0.857 bits per heavy atom. The van der Waals surface area contributed by atoms with Gasteiger partial charge in [-0.15, -0.1) is 0 Å². The third-order valence-corrected chi connectivity index (χ3v) is 2.40. The molecule has 0 radical (unpaired) electrons. The minimum absolute atomic E-state index is 1.19. The molecular formula is C6H12Cl3N4Ru. The van der Waals surface area contributed by atoms with Crippen molar-refractivity contribution >= 4 is 29.1 Å². The van der Waals surface area contributed by atoms with Crippen LogP contribution in [0.4, 0.5) is 0 Å². The monoisotopic (exact) mass is 347 g/mol. The molecule has 4 nitrogen and oxygen atoms in total. The fourth-order valence-corrected chi connectivity index (χ4v) is 2.23. The molecule has 4 rings (SSSR count). The van der Waals surface area contributed by atoms with Gasteiger partial charge in [-0.1, -0.05) is 0 Å². The van der Waals surface area contributed by atoms with E-state index in [1.807, 2.05) is 0 Å². The molecule has 0 unspecified atom stereocenters. The van der Waals surface area contributed by atoms with Gasteiger partial charge in [-0.2, -0.15) is 0 Å². The molecule has 0 aromatic heterocycles. The van der Waals surface area contributed by atoms with E-state index in [-0.39, 0.29) is 0 Å². The first-order valence-electron chi connectivity index (χ1n) is 4.20. The van der Waals surface area contributed by atoms with E-state index in [1.54, 1.807) is 0 Å². The molecule has 4 saturated heterocycles. The molecule has 0 aliphatic carbocycles. The van der Waals surface area contributed by atoms with Crippen LogP contribution in [0.25, 0.3) is 0 Å². The molecule has 8 heteroatoms. The summed E-state index contributed by atoms with van der Waals surface area (Å²) >= 11 is -1.75. The summed E-state index contributed by atoms with van der Waals surface area (Å²) in [5.41, 5.74) is 0. The standard InChI is InChI=1S/C6H12N4.3ClH.Ru/c1-7-2-9-4-8(1)5-10(3-7)6-9;;;;/h1-6H2;3*1H;/q;;;;+3/p-3. The average Bonchev–Trinajstić information content (AvgIpc) is 1.98. The molecule has 0 aromatic rings. The third kappa shape index (κ3) is 3.16. The SMILES string of the molecule is C1N2CN3CN1CN(C2)C3.[Cl][Ru]([Cl])[Cl]. The summed E-state index contributed by atoms with van der Waals surface area (Å²) in [5, 5.41) is 0. The van der Waals surface area contributed by atoms with Crippen LogP contribution in [0.1, 0.15) is 0 Å². The van der Waals surface area contributed by atoms with E-state index in [1.165, 1.54) is 40.0 Å². The number of nitrogens with zero attached hydrogens (tertiary/aromatic N) is 4. The van der Waals surface area contributed by atoms with Crippen molar-refractivity contribution in [3.63, 3.8) is 0 Å². The zero-order valence-corrected chi connectivity index (χ0v) is 11.5. The van der Waals surface area contributed by atoms with Crippen LogP contribution >= 0.6 is 29.1 Å². The van der Waals surface area contributed by atoms with Crippen LogP contribution in [-0.2, 0) is 13.0 Å². The normalized spacial score (nSPS) is 44.4. The van der Waals surface area contributed by atoms with Gasteiger partial charge in [-0.05, 0) is 0 Å². The zero-order valence-electron chi connectivity index (χ0n) is 7.52. The van der Waals surface area contributed by atoms with Gasteiger partial charge in [0.1, 0.15) is 0 Å². The maximum absolute atomic E-state index is 4.95. The molecule has 0 aromatic carbocycles. The maximum atomic E-state index is 4.95. The second kappa shape index (κ2) is 5.11. The molecule has 4 aliphatic rings. The Morgan fingerprint density at radius 2 is 0.714 bits per heavy atom. The molecule has 0 atom stereocenters. The van der Waals surface area contributed by atoms with Gasteiger partial charge in [0.25, 0.3) is 0 Å². The molecule has 0 amide bonds. The van der Waals surface area contributed by atoms with E-state index in [2.05, 4.69) is 19.6 Å². The predicted octanol–water partition coefficient (Wildman–Crippen LogP) is 1.05. The quantitative estimate of drug-likeness (QED) is 0.607. The Balaban J connectivity index is 0.000000165. The van der Waals surface area contributed by atoms with Crippen LogP contribution in [0.2, 0.25) is 0 Å². The summed E-state index contributed by atoms with van der Waals surface area (Å²) < 4.78 is 0. The first-order valence-corrected chi connectivity index (χ1v) is 10.9. The minimum atomic E-state index is -1.75. The van der Waals surface area contributed by atoms with Gasteiger partial charge in [0.15, 0.2) is 0 Å². The first kappa shape index (κ1) is 11.8. The summed E-state index contributed by atoms with van der Waals surface area (Å²) in [7, 11) is 14.8. The summed E-state index contributed by atoms with van der Waals surface area (Å²) in [4.78, 5) is 9.88. The molecule has 0 saturated carbocycles. The van der Waals surface area contributed by atoms with Crippen molar-refractivity contribution in [3.05, 3.63) is 0 Å². The molecule has 14 heavy (non-hydrogen) atoms. The number of rotatable bonds is 0.